The fourth-order valence-corrected chi connectivity index (χ4v) is 4.21. The van der Waals surface area contributed by atoms with Crippen LogP contribution in [-0.4, -0.2) is 48.5 Å². The van der Waals surface area contributed by atoms with Crippen LogP contribution in [0.15, 0.2) is 21.5 Å². The van der Waals surface area contributed by atoms with E-state index in [0.717, 1.165) is 10.0 Å². The molecule has 0 spiro atoms. The molecule has 1 aliphatic rings. The van der Waals surface area contributed by atoms with Gasteiger partial charge in [0, 0.05) is 6.54 Å². The number of halogens is 1. The molecule has 140 valence electrons. The molecule has 0 N–H and O–H groups in total. The van der Waals surface area contributed by atoms with Crippen LogP contribution in [0.4, 0.5) is 0 Å². The van der Waals surface area contributed by atoms with E-state index in [0.29, 0.717) is 27.3 Å². The van der Waals surface area contributed by atoms with Crippen molar-refractivity contribution in [1.29, 1.82) is 0 Å². The molecule has 0 bridgehead atoms. The van der Waals surface area contributed by atoms with Crippen LogP contribution in [0.1, 0.15) is 18.9 Å². The minimum Gasteiger partial charge on any atom is -0.492 e. The van der Waals surface area contributed by atoms with Gasteiger partial charge in [0.05, 0.1) is 36.6 Å². The van der Waals surface area contributed by atoms with Gasteiger partial charge in [-0.2, -0.15) is 0 Å². The van der Waals surface area contributed by atoms with Crippen LogP contribution in [0.5, 0.6) is 11.5 Å². The minimum atomic E-state index is -0.386. The van der Waals surface area contributed by atoms with Crippen LogP contribution in [0, 0.1) is 0 Å². The molecule has 0 radical (unpaired) electrons. The molecule has 0 atom stereocenters. The lowest BCUT2D eigenvalue weighted by atomic mass is 10.2. The van der Waals surface area contributed by atoms with E-state index < -0.39 is 0 Å². The highest BCUT2D eigenvalue weighted by Crippen LogP contribution is 2.39. The number of hydrogen-bond donors (Lipinski definition) is 0. The number of carbonyl (C=O) groups is 2. The van der Waals surface area contributed by atoms with Gasteiger partial charge in [0.1, 0.15) is 4.32 Å². The zero-order valence-electron chi connectivity index (χ0n) is 14.5. The van der Waals surface area contributed by atoms with Crippen molar-refractivity contribution in [3.63, 3.8) is 0 Å². The Hall–Kier alpha value is -1.58. The summed E-state index contributed by atoms with van der Waals surface area (Å²) < 4.78 is 16.7. The van der Waals surface area contributed by atoms with Gasteiger partial charge in [-0.15, -0.1) is 0 Å². The standard InChI is InChI=1S/C17H18BrNO5S2/c1-4-24-12-8-10(7-11(18)15(12)23-3)9-13-16(21)19(17(25)26-13)6-5-14(20)22-2/h7-9H,4-6H2,1-3H3/b13-9-. The second-order valence-corrected chi connectivity index (χ2v) is 7.66. The summed E-state index contributed by atoms with van der Waals surface area (Å²) in [5.41, 5.74) is 0.773. The van der Waals surface area contributed by atoms with Crippen molar-refractivity contribution >= 4 is 62.2 Å². The molecule has 1 aromatic rings. The Morgan fingerprint density at radius 2 is 2.12 bits per heavy atom. The lowest BCUT2D eigenvalue weighted by Crippen LogP contribution is -2.30. The quantitative estimate of drug-likeness (QED) is 0.350. The van der Waals surface area contributed by atoms with Crippen molar-refractivity contribution < 1.29 is 23.8 Å². The van der Waals surface area contributed by atoms with Gasteiger partial charge < -0.3 is 14.2 Å². The van der Waals surface area contributed by atoms with Gasteiger partial charge in [-0.3, -0.25) is 14.5 Å². The number of thiocarbonyl (C=S) groups is 1. The molecule has 1 fully saturated rings. The zero-order valence-corrected chi connectivity index (χ0v) is 17.8. The summed E-state index contributed by atoms with van der Waals surface area (Å²) in [5, 5.41) is 0. The van der Waals surface area contributed by atoms with Crippen molar-refractivity contribution in [2.75, 3.05) is 27.4 Å². The van der Waals surface area contributed by atoms with Gasteiger partial charge in [0.25, 0.3) is 5.91 Å². The number of amides is 1. The Morgan fingerprint density at radius 3 is 2.73 bits per heavy atom. The fraction of sp³-hybridized carbons (Fsp3) is 0.353. The van der Waals surface area contributed by atoms with E-state index in [1.54, 1.807) is 19.3 Å². The van der Waals surface area contributed by atoms with Crippen LogP contribution in [0.2, 0.25) is 0 Å². The molecule has 6 nitrogen and oxygen atoms in total. The van der Waals surface area contributed by atoms with E-state index in [-0.39, 0.29) is 24.8 Å². The van der Waals surface area contributed by atoms with Gasteiger partial charge in [-0.25, -0.2) is 0 Å². The second-order valence-electron chi connectivity index (χ2n) is 5.13. The van der Waals surface area contributed by atoms with Crippen molar-refractivity contribution in [2.45, 2.75) is 13.3 Å². The van der Waals surface area contributed by atoms with E-state index in [2.05, 4.69) is 20.7 Å². The third-order valence-corrected chi connectivity index (χ3v) is 5.44. The number of nitrogens with zero attached hydrogens (tertiary/aromatic N) is 1. The number of methoxy groups -OCH3 is 2. The smallest absolute Gasteiger partial charge is 0.307 e. The Bertz CT molecular complexity index is 766. The van der Waals surface area contributed by atoms with Crippen LogP contribution in [0.3, 0.4) is 0 Å². The van der Waals surface area contributed by atoms with Crippen LogP contribution in [0.25, 0.3) is 6.08 Å². The third kappa shape index (κ3) is 4.77. The molecule has 0 aromatic heterocycles. The molecular formula is C17H18BrNO5S2. The molecule has 1 aromatic carbocycles. The number of benzene rings is 1. The predicted octanol–water partition coefficient (Wildman–Crippen LogP) is 3.62. The summed E-state index contributed by atoms with van der Waals surface area (Å²) >= 11 is 9.90. The maximum atomic E-state index is 12.6. The molecule has 1 aliphatic heterocycles. The number of esters is 1. The largest absolute Gasteiger partial charge is 0.492 e. The van der Waals surface area contributed by atoms with Crippen molar-refractivity contribution in [3.8, 4) is 11.5 Å². The molecule has 26 heavy (non-hydrogen) atoms. The van der Waals surface area contributed by atoms with Crippen molar-refractivity contribution in [3.05, 3.63) is 27.1 Å². The normalized spacial score (nSPS) is 15.5. The molecule has 9 heteroatoms. The van der Waals surface area contributed by atoms with Crippen LogP contribution in [-0.2, 0) is 14.3 Å². The van der Waals surface area contributed by atoms with E-state index in [4.69, 9.17) is 21.7 Å². The molecule has 1 amide bonds. The second kappa shape index (κ2) is 9.38. The summed E-state index contributed by atoms with van der Waals surface area (Å²) in [7, 11) is 2.87. The fourth-order valence-electron chi connectivity index (χ4n) is 2.28. The highest BCUT2D eigenvalue weighted by atomic mass is 79.9. The SMILES string of the molecule is CCOc1cc(/C=C2\SC(=S)N(CCC(=O)OC)C2=O)cc(Br)c1OC. The van der Waals surface area contributed by atoms with E-state index in [1.807, 2.05) is 13.0 Å². The van der Waals surface area contributed by atoms with Gasteiger partial charge in [0.2, 0.25) is 0 Å². The van der Waals surface area contributed by atoms with Gasteiger partial charge in [-0.05, 0) is 46.6 Å². The summed E-state index contributed by atoms with van der Waals surface area (Å²) in [6, 6.07) is 3.64. The molecule has 0 saturated carbocycles. The van der Waals surface area contributed by atoms with Gasteiger partial charge in [0.15, 0.2) is 11.5 Å². The Kier molecular flexibility index (Phi) is 7.48. The first-order valence-corrected chi connectivity index (χ1v) is 9.75. The topological polar surface area (TPSA) is 65.1 Å². The van der Waals surface area contributed by atoms with E-state index in [1.165, 1.54) is 23.8 Å². The lowest BCUT2D eigenvalue weighted by molar-refractivity contribution is -0.140. The van der Waals surface area contributed by atoms with E-state index in [9.17, 15) is 9.59 Å². The number of ether oxygens (including phenoxy) is 3. The highest BCUT2D eigenvalue weighted by molar-refractivity contribution is 9.10. The maximum absolute atomic E-state index is 12.6. The first-order chi connectivity index (χ1) is 12.4. The zero-order chi connectivity index (χ0) is 19.3. The average Bonchev–Trinajstić information content (AvgIpc) is 2.86. The third-order valence-electron chi connectivity index (χ3n) is 3.47. The molecule has 1 heterocycles. The first-order valence-electron chi connectivity index (χ1n) is 7.73. The molecule has 0 unspecified atom stereocenters. The van der Waals surface area contributed by atoms with E-state index >= 15 is 0 Å². The Morgan fingerprint density at radius 1 is 1.38 bits per heavy atom. The summed E-state index contributed by atoms with van der Waals surface area (Å²) in [6.07, 6.45) is 1.84. The summed E-state index contributed by atoms with van der Waals surface area (Å²) in [4.78, 5) is 25.8. The Balaban J connectivity index is 2.25. The number of thioether (sulfide) groups is 1. The summed E-state index contributed by atoms with van der Waals surface area (Å²) in [5.74, 6) is 0.559. The first kappa shape index (κ1) is 20.7. The van der Waals surface area contributed by atoms with Crippen LogP contribution < -0.4 is 9.47 Å². The number of rotatable bonds is 7. The minimum absolute atomic E-state index is 0.0960. The molecule has 2 rings (SSSR count). The van der Waals surface area contributed by atoms with Crippen LogP contribution >= 0.6 is 39.9 Å². The molecule has 0 aliphatic carbocycles. The van der Waals surface area contributed by atoms with Gasteiger partial charge in [-0.1, -0.05) is 24.0 Å². The molecule has 1 saturated heterocycles. The highest BCUT2D eigenvalue weighted by Gasteiger charge is 2.32. The number of carbonyl (C=O) groups excluding carboxylic acids is 2. The van der Waals surface area contributed by atoms with Gasteiger partial charge >= 0.3 is 5.97 Å². The van der Waals surface area contributed by atoms with Crippen molar-refractivity contribution in [2.24, 2.45) is 0 Å². The molecular weight excluding hydrogens is 442 g/mol. The summed E-state index contributed by atoms with van der Waals surface area (Å²) in [6.45, 7) is 2.57. The van der Waals surface area contributed by atoms with Crippen molar-refractivity contribution in [1.82, 2.24) is 4.90 Å². The Labute approximate surface area is 170 Å². The predicted molar refractivity (Wildman–Crippen MR) is 108 cm³/mol. The lowest BCUT2D eigenvalue weighted by Gasteiger charge is -2.13. The average molecular weight is 460 g/mol. The number of hydrogen-bond acceptors (Lipinski definition) is 7. The monoisotopic (exact) mass is 459 g/mol. The maximum Gasteiger partial charge on any atom is 0.307 e.